The van der Waals surface area contributed by atoms with Crippen LogP contribution < -0.4 is 0 Å². The van der Waals surface area contributed by atoms with E-state index in [1.54, 1.807) is 6.08 Å². The number of aromatic nitrogens is 1. The van der Waals surface area contributed by atoms with Gasteiger partial charge in [0.05, 0.1) is 54.1 Å². The van der Waals surface area contributed by atoms with Crippen molar-refractivity contribution in [3.63, 3.8) is 0 Å². The van der Waals surface area contributed by atoms with E-state index in [0.717, 1.165) is 96.6 Å². The first-order chi connectivity index (χ1) is 22.1. The van der Waals surface area contributed by atoms with E-state index in [-0.39, 0.29) is 24.8 Å². The highest BCUT2D eigenvalue weighted by atomic mass is 16.5. The zero-order valence-corrected chi connectivity index (χ0v) is 27.5. The van der Waals surface area contributed by atoms with Crippen LogP contribution in [0.4, 0.5) is 0 Å². The van der Waals surface area contributed by atoms with E-state index in [4.69, 9.17) is 29.9 Å². The standard InChI is InChI=1S/C37H39N5O4/c1-8-25-21(3)31-18-30-23(5)27(12-14-35(44)46-7)33(41-30)19-32-26(11-13-34(43)45-6)22(4)29(40-32)17-24-16-20(2)36(39-24)28(10-9-15-38)37(25)42-31/h9-10,16-19,38-39H,8,11-14H2,1-7H3/b28-10-,29-17?,31-18?,33-19?. The van der Waals surface area contributed by atoms with Crippen LogP contribution in [0.5, 0.6) is 0 Å². The van der Waals surface area contributed by atoms with Crippen LogP contribution in [0, 0.1) is 12.3 Å². The third kappa shape index (κ3) is 6.19. The highest BCUT2D eigenvalue weighted by molar-refractivity contribution is 6.34. The summed E-state index contributed by atoms with van der Waals surface area (Å²) < 4.78 is 9.89. The average Bonchev–Trinajstić information content (AvgIpc) is 3.74. The van der Waals surface area contributed by atoms with Crippen LogP contribution in [-0.2, 0) is 19.1 Å². The van der Waals surface area contributed by atoms with Gasteiger partial charge in [-0.25, -0.2) is 15.0 Å². The molecule has 0 atom stereocenters. The lowest BCUT2D eigenvalue weighted by Gasteiger charge is -2.10. The van der Waals surface area contributed by atoms with Gasteiger partial charge in [-0.15, -0.1) is 0 Å². The molecule has 5 heterocycles. The Morgan fingerprint density at radius 1 is 0.826 bits per heavy atom. The number of H-pyrrole nitrogens is 1. The molecule has 0 saturated carbocycles. The van der Waals surface area contributed by atoms with Crippen LogP contribution in [0.1, 0.15) is 76.8 Å². The molecule has 1 aromatic rings. The number of nitrogens with one attached hydrogen (secondary N) is 2. The monoisotopic (exact) mass is 617 g/mol. The minimum absolute atomic E-state index is 0.214. The summed E-state index contributed by atoms with van der Waals surface area (Å²) in [6.07, 6.45) is 11.6. The number of esters is 2. The van der Waals surface area contributed by atoms with Crippen LogP contribution >= 0.6 is 0 Å². The summed E-state index contributed by atoms with van der Waals surface area (Å²) in [7, 11) is 2.78. The second-order valence-electron chi connectivity index (χ2n) is 11.5. The Kier molecular flexibility index (Phi) is 9.44. The van der Waals surface area contributed by atoms with Gasteiger partial charge in [-0.2, -0.15) is 0 Å². The third-order valence-corrected chi connectivity index (χ3v) is 8.83. The van der Waals surface area contributed by atoms with Crippen molar-refractivity contribution in [3.8, 4) is 0 Å². The van der Waals surface area contributed by atoms with E-state index >= 15 is 0 Å². The maximum Gasteiger partial charge on any atom is 0.305 e. The molecule has 4 aliphatic heterocycles. The Morgan fingerprint density at radius 3 is 2.09 bits per heavy atom. The molecule has 0 aromatic carbocycles. The van der Waals surface area contributed by atoms with Crippen molar-refractivity contribution in [3.05, 3.63) is 97.9 Å². The summed E-state index contributed by atoms with van der Waals surface area (Å²) in [5.74, 6) is 1.80. The molecule has 0 amide bonds. The molecule has 0 aliphatic carbocycles. The van der Waals surface area contributed by atoms with Gasteiger partial charge in [0, 0.05) is 24.1 Å². The molecule has 0 spiro atoms. The van der Waals surface area contributed by atoms with E-state index in [9.17, 15) is 9.59 Å². The molecule has 9 heteroatoms. The highest BCUT2D eigenvalue weighted by Gasteiger charge is 2.29. The zero-order chi connectivity index (χ0) is 33.1. The minimum atomic E-state index is -0.294. The SMILES string of the molecule is CCC1=C(C)C2=CC3=NC(=CC4=NC(=Cc5cc(C)c([nH]5)/C(=C/C=C=N)C1=N2)C(C)=C4CCC(=O)OC)C(CCC(=O)OC)=C3C. The number of allylic oxidation sites excluding steroid dienone is 11. The maximum absolute atomic E-state index is 12.2. The fourth-order valence-corrected chi connectivity index (χ4v) is 6.22. The van der Waals surface area contributed by atoms with Crippen molar-refractivity contribution in [2.45, 2.75) is 66.7 Å². The van der Waals surface area contributed by atoms with Gasteiger partial charge in [0.25, 0.3) is 0 Å². The third-order valence-electron chi connectivity index (χ3n) is 8.83. The fourth-order valence-electron chi connectivity index (χ4n) is 6.22. The lowest BCUT2D eigenvalue weighted by atomic mass is 9.94. The zero-order valence-electron chi connectivity index (χ0n) is 27.5. The van der Waals surface area contributed by atoms with E-state index in [1.165, 1.54) is 14.2 Å². The molecule has 4 aliphatic rings. The number of hydrogen-bond acceptors (Lipinski definition) is 8. The lowest BCUT2D eigenvalue weighted by Crippen LogP contribution is -2.05. The second-order valence-corrected chi connectivity index (χ2v) is 11.5. The van der Waals surface area contributed by atoms with Gasteiger partial charge in [0.15, 0.2) is 0 Å². The van der Waals surface area contributed by atoms with Crippen LogP contribution in [0.15, 0.2) is 95.9 Å². The first-order valence-corrected chi connectivity index (χ1v) is 15.4. The molecule has 1 aromatic heterocycles. The van der Waals surface area contributed by atoms with Crippen LogP contribution in [-0.4, -0.2) is 54.1 Å². The molecular formula is C37H39N5O4. The minimum Gasteiger partial charge on any atom is -0.469 e. The highest BCUT2D eigenvalue weighted by Crippen LogP contribution is 2.39. The molecule has 2 N–H and O–H groups in total. The number of carbonyl (C=O) groups is 2. The van der Waals surface area contributed by atoms with Gasteiger partial charge in [0.2, 0.25) is 0 Å². The number of aryl methyl sites for hydroxylation is 1. The number of rotatable bonds is 8. The van der Waals surface area contributed by atoms with Gasteiger partial charge in [-0.05, 0) is 128 Å². The maximum atomic E-state index is 12.2. The summed E-state index contributed by atoms with van der Waals surface area (Å²) in [5, 5.41) is 7.58. The topological polar surface area (TPSA) is 129 Å². The number of nitrogens with zero attached hydrogens (tertiary/aromatic N) is 3. The second kappa shape index (κ2) is 13.5. The predicted octanol–water partition coefficient (Wildman–Crippen LogP) is 7.26. The Labute approximate surface area is 269 Å². The molecule has 0 radical (unpaired) electrons. The van der Waals surface area contributed by atoms with Crippen LogP contribution in [0.3, 0.4) is 0 Å². The number of hydrogen-bond donors (Lipinski definition) is 2. The predicted molar refractivity (Wildman–Crippen MR) is 183 cm³/mol. The Hall–Kier alpha value is -5.14. The first-order valence-electron chi connectivity index (χ1n) is 15.4. The van der Waals surface area contributed by atoms with Gasteiger partial charge in [-0.1, -0.05) is 6.92 Å². The fraction of sp³-hybridized carbons (Fsp3) is 0.324. The molecule has 236 valence electrons. The van der Waals surface area contributed by atoms with Gasteiger partial charge in [0.1, 0.15) is 0 Å². The van der Waals surface area contributed by atoms with Gasteiger partial charge < -0.3 is 14.5 Å². The Balaban J connectivity index is 1.78. The molecule has 8 bridgehead atoms. The van der Waals surface area contributed by atoms with Crippen molar-refractivity contribution in [1.29, 1.82) is 5.41 Å². The Bertz CT molecular complexity index is 1910. The van der Waals surface area contributed by atoms with E-state index in [0.29, 0.717) is 12.8 Å². The Morgan fingerprint density at radius 2 is 1.43 bits per heavy atom. The average molecular weight is 618 g/mol. The van der Waals surface area contributed by atoms with Crippen molar-refractivity contribution in [1.82, 2.24) is 4.98 Å². The number of methoxy groups -OCH3 is 2. The van der Waals surface area contributed by atoms with Crippen molar-refractivity contribution >= 4 is 46.6 Å². The number of aliphatic imine (C=N–C) groups is 3. The molecule has 9 nitrogen and oxygen atoms in total. The van der Waals surface area contributed by atoms with Crippen molar-refractivity contribution < 1.29 is 19.1 Å². The summed E-state index contributed by atoms with van der Waals surface area (Å²) >= 11 is 0. The van der Waals surface area contributed by atoms with E-state index in [1.807, 2.05) is 45.1 Å². The first kappa shape index (κ1) is 32.3. The number of ether oxygens (including phenoxy) is 2. The normalized spacial score (nSPS) is 18.2. The molecule has 0 unspecified atom stereocenters. The molecular weight excluding hydrogens is 578 g/mol. The summed E-state index contributed by atoms with van der Waals surface area (Å²) in [4.78, 5) is 43.2. The number of carbonyl (C=O) groups excluding carboxylic acids is 2. The molecule has 0 saturated heterocycles. The summed E-state index contributed by atoms with van der Waals surface area (Å²) in [5.41, 5.74) is 14.3. The molecule has 0 fully saturated rings. The lowest BCUT2D eigenvalue weighted by molar-refractivity contribution is -0.141. The van der Waals surface area contributed by atoms with Gasteiger partial charge >= 0.3 is 11.9 Å². The number of aromatic amines is 1. The number of fused-ring (bicyclic) bond motifs is 5. The van der Waals surface area contributed by atoms with E-state index < -0.39 is 0 Å². The smallest absolute Gasteiger partial charge is 0.305 e. The molecule has 46 heavy (non-hydrogen) atoms. The summed E-state index contributed by atoms with van der Waals surface area (Å²) in [6.45, 7) is 10.3. The van der Waals surface area contributed by atoms with E-state index in [2.05, 4.69) is 30.8 Å². The van der Waals surface area contributed by atoms with Gasteiger partial charge in [-0.3, -0.25) is 15.0 Å². The molecule has 5 rings (SSSR count). The van der Waals surface area contributed by atoms with Crippen molar-refractivity contribution in [2.24, 2.45) is 15.0 Å². The van der Waals surface area contributed by atoms with Crippen LogP contribution in [0.25, 0.3) is 11.6 Å². The van der Waals surface area contributed by atoms with Crippen LogP contribution in [0.2, 0.25) is 0 Å². The largest absolute Gasteiger partial charge is 0.469 e. The van der Waals surface area contributed by atoms with Crippen molar-refractivity contribution in [2.75, 3.05) is 14.2 Å². The summed E-state index contributed by atoms with van der Waals surface area (Å²) in [6, 6.07) is 2.08. The quantitative estimate of drug-likeness (QED) is 0.235.